The van der Waals surface area contributed by atoms with Crippen molar-refractivity contribution in [3.63, 3.8) is 0 Å². The van der Waals surface area contributed by atoms with E-state index in [1.807, 2.05) is 75.4 Å². The average Bonchev–Trinajstić information content (AvgIpc) is 2.72. The monoisotopic (exact) mass is 432 g/mol. The number of carbonyl (C=O) groups is 2. The Hall–Kier alpha value is -3.47. The van der Waals surface area contributed by atoms with Crippen molar-refractivity contribution in [2.45, 2.75) is 40.2 Å². The Bertz CT molecular complexity index is 1080. The molecule has 1 N–H and O–H groups in total. The molecule has 4 nitrogen and oxygen atoms in total. The standard InChI is InChI=1S/C27H29FN2O2/c1-19(2)14-27(32)30(18-22-7-5-8-23(28)16-22)25-12-10-21(11-13-25)17-26(31)29-24-9-4-6-20(3)15-24/h4-13,15-16,19H,14,17-18H2,1-3H3,(H,29,31). The van der Waals surface area contributed by atoms with Crippen LogP contribution in [0.1, 0.15) is 37.0 Å². The Morgan fingerprint density at radius 2 is 1.66 bits per heavy atom. The van der Waals surface area contributed by atoms with Gasteiger partial charge in [0.1, 0.15) is 5.82 Å². The normalized spacial score (nSPS) is 10.8. The summed E-state index contributed by atoms with van der Waals surface area (Å²) >= 11 is 0. The van der Waals surface area contributed by atoms with Crippen molar-refractivity contribution in [2.24, 2.45) is 5.92 Å². The number of benzene rings is 3. The zero-order chi connectivity index (χ0) is 23.1. The van der Waals surface area contributed by atoms with Gasteiger partial charge in [0.2, 0.25) is 11.8 Å². The first-order valence-corrected chi connectivity index (χ1v) is 10.8. The van der Waals surface area contributed by atoms with E-state index < -0.39 is 0 Å². The molecule has 0 saturated heterocycles. The first-order chi connectivity index (χ1) is 15.3. The van der Waals surface area contributed by atoms with Crippen molar-refractivity contribution >= 4 is 23.2 Å². The van der Waals surface area contributed by atoms with Crippen LogP contribution in [0.5, 0.6) is 0 Å². The van der Waals surface area contributed by atoms with E-state index in [1.165, 1.54) is 12.1 Å². The third-order valence-corrected chi connectivity index (χ3v) is 5.03. The van der Waals surface area contributed by atoms with Crippen molar-refractivity contribution in [2.75, 3.05) is 10.2 Å². The molecule has 0 fully saturated rings. The summed E-state index contributed by atoms with van der Waals surface area (Å²) in [6.07, 6.45) is 0.633. The van der Waals surface area contributed by atoms with Crippen LogP contribution in [0, 0.1) is 18.7 Å². The Labute approximate surface area is 189 Å². The van der Waals surface area contributed by atoms with Gasteiger partial charge in [0.15, 0.2) is 0 Å². The van der Waals surface area contributed by atoms with Gasteiger partial charge in [-0.25, -0.2) is 4.39 Å². The highest BCUT2D eigenvalue weighted by atomic mass is 19.1. The highest BCUT2D eigenvalue weighted by Crippen LogP contribution is 2.22. The molecule has 0 atom stereocenters. The molecule has 2 amide bonds. The lowest BCUT2D eigenvalue weighted by atomic mass is 10.1. The van der Waals surface area contributed by atoms with Crippen LogP contribution in [-0.4, -0.2) is 11.8 Å². The minimum absolute atomic E-state index is 0.0193. The van der Waals surface area contributed by atoms with E-state index in [1.54, 1.807) is 11.0 Å². The van der Waals surface area contributed by atoms with E-state index in [2.05, 4.69) is 5.32 Å². The van der Waals surface area contributed by atoms with Gasteiger partial charge in [0, 0.05) is 17.8 Å². The average molecular weight is 433 g/mol. The molecule has 0 radical (unpaired) electrons. The molecule has 0 heterocycles. The number of anilines is 2. The fourth-order valence-corrected chi connectivity index (χ4v) is 3.51. The van der Waals surface area contributed by atoms with Gasteiger partial charge in [-0.15, -0.1) is 0 Å². The van der Waals surface area contributed by atoms with Gasteiger partial charge in [-0.2, -0.15) is 0 Å². The molecule has 0 unspecified atom stereocenters. The Morgan fingerprint density at radius 1 is 0.938 bits per heavy atom. The van der Waals surface area contributed by atoms with E-state index in [0.717, 1.165) is 28.1 Å². The molecule has 0 aliphatic carbocycles. The highest BCUT2D eigenvalue weighted by molar-refractivity contribution is 5.94. The van der Waals surface area contributed by atoms with Gasteiger partial charge in [-0.1, -0.05) is 50.2 Å². The predicted molar refractivity (Wildman–Crippen MR) is 127 cm³/mol. The molecule has 3 rings (SSSR count). The molecular formula is C27H29FN2O2. The van der Waals surface area contributed by atoms with Crippen LogP contribution in [0.2, 0.25) is 0 Å². The van der Waals surface area contributed by atoms with E-state index in [0.29, 0.717) is 6.42 Å². The molecule has 0 spiro atoms. The number of aryl methyl sites for hydroxylation is 1. The number of hydrogen-bond acceptors (Lipinski definition) is 2. The highest BCUT2D eigenvalue weighted by Gasteiger charge is 2.18. The topological polar surface area (TPSA) is 49.4 Å². The number of rotatable bonds is 8. The van der Waals surface area contributed by atoms with E-state index in [-0.39, 0.29) is 36.5 Å². The first-order valence-electron chi connectivity index (χ1n) is 10.8. The van der Waals surface area contributed by atoms with Crippen LogP contribution in [0.3, 0.4) is 0 Å². The fourth-order valence-electron chi connectivity index (χ4n) is 3.51. The lowest BCUT2D eigenvalue weighted by Gasteiger charge is -2.24. The van der Waals surface area contributed by atoms with Crippen molar-refractivity contribution in [3.8, 4) is 0 Å². The molecule has 3 aromatic carbocycles. The first kappa shape index (κ1) is 23.2. The number of amides is 2. The maximum Gasteiger partial charge on any atom is 0.228 e. The molecule has 0 bridgehead atoms. The number of halogens is 1. The van der Waals surface area contributed by atoms with Gasteiger partial charge in [-0.05, 0) is 65.9 Å². The molecular weight excluding hydrogens is 403 g/mol. The molecule has 0 aromatic heterocycles. The minimum atomic E-state index is -0.325. The molecule has 32 heavy (non-hydrogen) atoms. The van der Waals surface area contributed by atoms with Gasteiger partial charge in [0.25, 0.3) is 0 Å². The smallest absolute Gasteiger partial charge is 0.228 e. The molecule has 5 heteroatoms. The number of nitrogens with one attached hydrogen (secondary N) is 1. The predicted octanol–water partition coefficient (Wildman–Crippen LogP) is 5.89. The van der Waals surface area contributed by atoms with Crippen molar-refractivity contribution < 1.29 is 14.0 Å². The van der Waals surface area contributed by atoms with E-state index >= 15 is 0 Å². The van der Waals surface area contributed by atoms with Gasteiger partial charge >= 0.3 is 0 Å². The quantitative estimate of drug-likeness (QED) is 0.482. The summed E-state index contributed by atoms with van der Waals surface area (Å²) in [6, 6.07) is 21.3. The number of hydrogen-bond donors (Lipinski definition) is 1. The molecule has 3 aromatic rings. The molecule has 0 aliphatic heterocycles. The minimum Gasteiger partial charge on any atom is -0.326 e. The van der Waals surface area contributed by atoms with Crippen LogP contribution >= 0.6 is 0 Å². The second-order valence-electron chi connectivity index (χ2n) is 8.47. The van der Waals surface area contributed by atoms with Crippen LogP contribution in [-0.2, 0) is 22.6 Å². The summed E-state index contributed by atoms with van der Waals surface area (Å²) in [5, 5.41) is 2.91. The zero-order valence-corrected chi connectivity index (χ0v) is 18.8. The van der Waals surface area contributed by atoms with E-state index in [9.17, 15) is 14.0 Å². The summed E-state index contributed by atoms with van der Waals surface area (Å²) in [5.74, 6) is -0.235. The maximum atomic E-state index is 13.6. The SMILES string of the molecule is Cc1cccc(NC(=O)Cc2ccc(N(Cc3cccc(F)c3)C(=O)CC(C)C)cc2)c1. The summed E-state index contributed by atoms with van der Waals surface area (Å²) in [6.45, 7) is 6.25. The summed E-state index contributed by atoms with van der Waals surface area (Å²) in [5.41, 5.74) is 4.15. The second kappa shape index (κ2) is 10.7. The van der Waals surface area contributed by atoms with Gasteiger partial charge in [0.05, 0.1) is 13.0 Å². The van der Waals surface area contributed by atoms with Crippen LogP contribution in [0.4, 0.5) is 15.8 Å². The van der Waals surface area contributed by atoms with Crippen LogP contribution in [0.25, 0.3) is 0 Å². The van der Waals surface area contributed by atoms with Crippen molar-refractivity contribution in [1.29, 1.82) is 0 Å². The third kappa shape index (κ3) is 6.77. The third-order valence-electron chi connectivity index (χ3n) is 5.03. The molecule has 166 valence electrons. The van der Waals surface area contributed by atoms with Crippen LogP contribution in [0.15, 0.2) is 72.8 Å². The van der Waals surface area contributed by atoms with E-state index in [4.69, 9.17) is 0 Å². The fraction of sp³-hybridized carbons (Fsp3) is 0.259. The zero-order valence-electron chi connectivity index (χ0n) is 18.8. The maximum absolute atomic E-state index is 13.6. The summed E-state index contributed by atoms with van der Waals surface area (Å²) in [4.78, 5) is 27.0. The number of nitrogens with zero attached hydrogens (tertiary/aromatic N) is 1. The van der Waals surface area contributed by atoms with Crippen molar-refractivity contribution in [3.05, 3.63) is 95.3 Å². The lowest BCUT2D eigenvalue weighted by molar-refractivity contribution is -0.119. The Morgan fingerprint density at radius 3 is 2.31 bits per heavy atom. The summed E-state index contributed by atoms with van der Waals surface area (Å²) in [7, 11) is 0. The Kier molecular flexibility index (Phi) is 7.77. The van der Waals surface area contributed by atoms with Gasteiger partial charge < -0.3 is 10.2 Å². The van der Waals surface area contributed by atoms with Gasteiger partial charge in [-0.3, -0.25) is 9.59 Å². The summed E-state index contributed by atoms with van der Waals surface area (Å²) < 4.78 is 13.6. The molecule has 0 saturated carbocycles. The Balaban J connectivity index is 1.73. The number of carbonyl (C=O) groups excluding carboxylic acids is 2. The van der Waals surface area contributed by atoms with Crippen LogP contribution < -0.4 is 10.2 Å². The molecule has 0 aliphatic rings. The second-order valence-corrected chi connectivity index (χ2v) is 8.47. The largest absolute Gasteiger partial charge is 0.326 e. The van der Waals surface area contributed by atoms with Crippen molar-refractivity contribution in [1.82, 2.24) is 0 Å². The lowest BCUT2D eigenvalue weighted by Crippen LogP contribution is -2.31.